The summed E-state index contributed by atoms with van der Waals surface area (Å²) in [6, 6.07) is 2.94. The third-order valence-corrected chi connectivity index (χ3v) is 4.02. The van der Waals surface area contributed by atoms with Crippen molar-refractivity contribution in [3.8, 4) is 23.4 Å². The minimum absolute atomic E-state index is 0.0125. The predicted molar refractivity (Wildman–Crippen MR) is 84.5 cm³/mol. The average molecular weight is 402 g/mol. The van der Waals surface area contributed by atoms with Crippen molar-refractivity contribution in [2.24, 2.45) is 0 Å². The van der Waals surface area contributed by atoms with E-state index in [1.807, 2.05) is 6.19 Å². The fourth-order valence-electron chi connectivity index (χ4n) is 2.51. The standard InChI is InChI=1S/C15H11ClF3N5O3/c16-11-2-1-9(27-15(17,18)19)5-10(11)13-22-23-14(26-13)12(25)21-8-3-4-24(6-8)7-20/h1-2,5,8H,3-4,6H2,(H,21,25). The van der Waals surface area contributed by atoms with Crippen LogP contribution >= 0.6 is 11.6 Å². The van der Waals surface area contributed by atoms with Gasteiger partial charge in [-0.3, -0.25) is 4.79 Å². The summed E-state index contributed by atoms with van der Waals surface area (Å²) < 4.78 is 46.1. The summed E-state index contributed by atoms with van der Waals surface area (Å²) in [4.78, 5) is 13.7. The number of rotatable bonds is 4. The first-order valence-corrected chi connectivity index (χ1v) is 7.97. The van der Waals surface area contributed by atoms with E-state index in [1.165, 1.54) is 11.0 Å². The molecule has 1 saturated heterocycles. The Morgan fingerprint density at radius 1 is 1.44 bits per heavy atom. The molecular formula is C15H11ClF3N5O3. The van der Waals surface area contributed by atoms with E-state index >= 15 is 0 Å². The lowest BCUT2D eigenvalue weighted by molar-refractivity contribution is -0.274. The minimum atomic E-state index is -4.87. The van der Waals surface area contributed by atoms with Crippen molar-refractivity contribution >= 4 is 17.5 Å². The van der Waals surface area contributed by atoms with Crippen LogP contribution in [0.4, 0.5) is 13.2 Å². The lowest BCUT2D eigenvalue weighted by Crippen LogP contribution is -2.36. The smallest absolute Gasteiger partial charge is 0.412 e. The zero-order chi connectivity index (χ0) is 19.6. The van der Waals surface area contributed by atoms with E-state index < -0.39 is 18.0 Å². The number of carbonyl (C=O) groups excluding carboxylic acids is 1. The number of hydrogen-bond donors (Lipinski definition) is 1. The van der Waals surface area contributed by atoms with Gasteiger partial charge in [0.1, 0.15) is 5.75 Å². The number of ether oxygens (including phenoxy) is 1. The van der Waals surface area contributed by atoms with Crippen LogP contribution in [0.5, 0.6) is 5.75 Å². The molecule has 1 N–H and O–H groups in total. The molecule has 1 fully saturated rings. The molecule has 0 radical (unpaired) electrons. The highest BCUT2D eigenvalue weighted by molar-refractivity contribution is 6.33. The van der Waals surface area contributed by atoms with Gasteiger partial charge >= 0.3 is 18.2 Å². The Kier molecular flexibility index (Phi) is 5.09. The Morgan fingerprint density at radius 2 is 2.22 bits per heavy atom. The molecule has 0 aliphatic carbocycles. The molecule has 27 heavy (non-hydrogen) atoms. The van der Waals surface area contributed by atoms with Gasteiger partial charge in [-0.2, -0.15) is 5.26 Å². The molecule has 8 nitrogen and oxygen atoms in total. The lowest BCUT2D eigenvalue weighted by Gasteiger charge is -2.10. The molecule has 1 aromatic carbocycles. The van der Waals surface area contributed by atoms with Crippen molar-refractivity contribution in [3.63, 3.8) is 0 Å². The van der Waals surface area contributed by atoms with Crippen molar-refractivity contribution in [3.05, 3.63) is 29.1 Å². The van der Waals surface area contributed by atoms with Crippen LogP contribution in [0.3, 0.4) is 0 Å². The minimum Gasteiger partial charge on any atom is -0.412 e. The van der Waals surface area contributed by atoms with Crippen molar-refractivity contribution in [1.82, 2.24) is 20.4 Å². The number of carbonyl (C=O) groups is 1. The SMILES string of the molecule is N#CN1CCC(NC(=O)c2nnc(-c3cc(OC(F)(F)F)ccc3Cl)o2)C1. The van der Waals surface area contributed by atoms with Crippen LogP contribution in [0, 0.1) is 11.5 Å². The highest BCUT2D eigenvalue weighted by Gasteiger charge is 2.31. The second-order valence-electron chi connectivity index (χ2n) is 5.61. The van der Waals surface area contributed by atoms with Gasteiger partial charge in [0.15, 0.2) is 6.19 Å². The molecule has 1 aliphatic rings. The third-order valence-electron chi connectivity index (χ3n) is 3.69. The van der Waals surface area contributed by atoms with Crippen LogP contribution in [-0.4, -0.2) is 46.5 Å². The first kappa shape index (κ1) is 18.8. The second kappa shape index (κ2) is 7.32. The number of nitriles is 1. The van der Waals surface area contributed by atoms with E-state index in [4.69, 9.17) is 21.3 Å². The van der Waals surface area contributed by atoms with E-state index in [1.54, 1.807) is 0 Å². The van der Waals surface area contributed by atoms with Crippen molar-refractivity contribution in [2.45, 2.75) is 18.8 Å². The number of hydrogen-bond acceptors (Lipinski definition) is 7. The van der Waals surface area contributed by atoms with Gasteiger partial charge in [-0.1, -0.05) is 11.6 Å². The summed E-state index contributed by atoms with van der Waals surface area (Å²) in [6.07, 6.45) is -2.30. The second-order valence-corrected chi connectivity index (χ2v) is 6.01. The van der Waals surface area contributed by atoms with Crippen molar-refractivity contribution < 1.29 is 27.1 Å². The fraction of sp³-hybridized carbons (Fsp3) is 0.333. The quantitative estimate of drug-likeness (QED) is 0.785. The number of benzene rings is 1. The summed E-state index contributed by atoms with van der Waals surface area (Å²) >= 11 is 5.96. The maximum absolute atomic E-state index is 12.3. The monoisotopic (exact) mass is 401 g/mol. The Balaban J connectivity index is 1.74. The molecule has 2 aromatic rings. The maximum Gasteiger partial charge on any atom is 0.573 e. The van der Waals surface area contributed by atoms with Gasteiger partial charge in [0, 0.05) is 19.1 Å². The molecule has 1 aliphatic heterocycles. The summed E-state index contributed by atoms with van der Waals surface area (Å²) in [6.45, 7) is 0.893. The van der Waals surface area contributed by atoms with Crippen molar-refractivity contribution in [2.75, 3.05) is 13.1 Å². The van der Waals surface area contributed by atoms with Crippen LogP contribution in [-0.2, 0) is 0 Å². The number of amides is 1. The molecule has 142 valence electrons. The largest absolute Gasteiger partial charge is 0.573 e. The average Bonchev–Trinajstić information content (AvgIpc) is 3.24. The maximum atomic E-state index is 12.3. The van der Waals surface area contributed by atoms with Crippen LogP contribution in [0.1, 0.15) is 17.1 Å². The van der Waals surface area contributed by atoms with Crippen LogP contribution < -0.4 is 10.1 Å². The van der Waals surface area contributed by atoms with Crippen LogP contribution in [0.15, 0.2) is 22.6 Å². The summed E-state index contributed by atoms with van der Waals surface area (Å²) in [5, 5.41) is 18.7. The number of aromatic nitrogens is 2. The van der Waals surface area contributed by atoms with E-state index in [2.05, 4.69) is 20.3 Å². The Morgan fingerprint density at radius 3 is 2.89 bits per heavy atom. The van der Waals surface area contributed by atoms with E-state index in [0.29, 0.717) is 19.5 Å². The zero-order valence-electron chi connectivity index (χ0n) is 13.5. The molecule has 1 unspecified atom stereocenters. The molecule has 1 aromatic heterocycles. The molecule has 2 heterocycles. The van der Waals surface area contributed by atoms with Gasteiger partial charge in [0.05, 0.1) is 10.6 Å². The highest BCUT2D eigenvalue weighted by atomic mass is 35.5. The first-order chi connectivity index (χ1) is 12.7. The molecular weight excluding hydrogens is 391 g/mol. The number of nitrogens with zero attached hydrogens (tertiary/aromatic N) is 4. The van der Waals surface area contributed by atoms with Crippen LogP contribution in [0.25, 0.3) is 11.5 Å². The van der Waals surface area contributed by atoms with Gasteiger partial charge in [-0.05, 0) is 24.6 Å². The molecule has 0 spiro atoms. The summed E-state index contributed by atoms with van der Waals surface area (Å²) in [5.74, 6) is -1.78. The molecule has 12 heteroatoms. The molecule has 1 amide bonds. The highest BCUT2D eigenvalue weighted by Crippen LogP contribution is 2.33. The topological polar surface area (TPSA) is 104 Å². The lowest BCUT2D eigenvalue weighted by atomic mass is 10.2. The number of likely N-dealkylation sites (tertiary alicyclic amines) is 1. The third kappa shape index (κ3) is 4.59. The molecule has 1 atom stereocenters. The fourth-order valence-corrected chi connectivity index (χ4v) is 2.70. The first-order valence-electron chi connectivity index (χ1n) is 7.60. The zero-order valence-corrected chi connectivity index (χ0v) is 14.2. The van der Waals surface area contributed by atoms with Gasteiger partial charge in [0.2, 0.25) is 5.89 Å². The number of alkyl halides is 3. The Bertz CT molecular complexity index is 896. The Hall–Kier alpha value is -3.00. The van der Waals surface area contributed by atoms with E-state index in [9.17, 15) is 18.0 Å². The van der Waals surface area contributed by atoms with Gasteiger partial charge in [0.25, 0.3) is 0 Å². The van der Waals surface area contributed by atoms with Gasteiger partial charge in [-0.15, -0.1) is 23.4 Å². The number of halogens is 4. The Labute approximate surface area is 155 Å². The number of nitrogens with one attached hydrogen (secondary N) is 1. The van der Waals surface area contributed by atoms with Crippen LogP contribution in [0.2, 0.25) is 5.02 Å². The summed E-state index contributed by atoms with van der Waals surface area (Å²) in [7, 11) is 0. The normalized spacial score (nSPS) is 16.9. The molecule has 0 saturated carbocycles. The van der Waals surface area contributed by atoms with Crippen molar-refractivity contribution in [1.29, 1.82) is 5.26 Å². The van der Waals surface area contributed by atoms with Gasteiger partial charge in [-0.25, -0.2) is 0 Å². The molecule has 3 rings (SSSR count). The predicted octanol–water partition coefficient (Wildman–Crippen LogP) is 2.57. The van der Waals surface area contributed by atoms with E-state index in [-0.39, 0.29) is 28.4 Å². The van der Waals surface area contributed by atoms with Gasteiger partial charge < -0.3 is 19.4 Å². The molecule has 0 bridgehead atoms. The van der Waals surface area contributed by atoms with E-state index in [0.717, 1.165) is 12.1 Å². The summed E-state index contributed by atoms with van der Waals surface area (Å²) in [5.41, 5.74) is -0.0125.